The van der Waals surface area contributed by atoms with Crippen molar-refractivity contribution in [3.05, 3.63) is 54.0 Å². The Morgan fingerprint density at radius 3 is 2.74 bits per heavy atom. The molecule has 2 aromatic heterocycles. The Kier molecular flexibility index (Phi) is 7.20. The SMILES string of the molecule is COc1ccc(CNC(=O)[C@@H]2CCCN(c3ccnc(Nc4cn(C)nc4C)c3)C2)cc1OC. The van der Waals surface area contributed by atoms with Crippen LogP contribution in [-0.2, 0) is 18.4 Å². The molecule has 3 aromatic rings. The molecule has 0 aliphatic carbocycles. The standard InChI is InChI=1S/C25H32N6O3/c1-17-21(16-30(2)29-17)28-24-13-20(9-10-26-24)31-11-5-6-19(15-31)25(32)27-14-18-7-8-22(33-3)23(12-18)34-4/h7-10,12-13,16,19H,5-6,11,14-15H2,1-4H3,(H,26,28)(H,27,32)/t19-/m1/s1. The largest absolute Gasteiger partial charge is 0.493 e. The van der Waals surface area contributed by atoms with E-state index in [2.05, 4.69) is 25.6 Å². The average Bonchev–Trinajstić information content (AvgIpc) is 3.18. The number of carbonyl (C=O) groups is 1. The molecule has 1 aromatic carbocycles. The predicted octanol–water partition coefficient (Wildman–Crippen LogP) is 3.42. The van der Waals surface area contributed by atoms with Gasteiger partial charge in [0.1, 0.15) is 5.82 Å². The summed E-state index contributed by atoms with van der Waals surface area (Å²) in [7, 11) is 5.11. The number of pyridine rings is 1. The van der Waals surface area contributed by atoms with Crippen LogP contribution in [-0.4, -0.2) is 48.0 Å². The Labute approximate surface area is 200 Å². The summed E-state index contributed by atoms with van der Waals surface area (Å²) in [6.07, 6.45) is 5.56. The van der Waals surface area contributed by atoms with Crippen molar-refractivity contribution >= 4 is 23.1 Å². The molecular weight excluding hydrogens is 432 g/mol. The summed E-state index contributed by atoms with van der Waals surface area (Å²) < 4.78 is 12.4. The second kappa shape index (κ2) is 10.5. The molecule has 1 aliphatic rings. The van der Waals surface area contributed by atoms with Gasteiger partial charge in [-0.3, -0.25) is 9.48 Å². The summed E-state index contributed by atoms with van der Waals surface area (Å²) in [5, 5.41) is 10.8. The number of hydrogen-bond acceptors (Lipinski definition) is 7. The first-order chi connectivity index (χ1) is 16.5. The molecule has 2 N–H and O–H groups in total. The quantitative estimate of drug-likeness (QED) is 0.528. The molecule has 34 heavy (non-hydrogen) atoms. The van der Waals surface area contributed by atoms with Gasteiger partial charge in [-0.15, -0.1) is 0 Å². The number of carbonyl (C=O) groups excluding carboxylic acids is 1. The van der Waals surface area contributed by atoms with E-state index in [1.807, 2.05) is 50.5 Å². The van der Waals surface area contributed by atoms with Crippen LogP contribution in [0.5, 0.6) is 11.5 Å². The van der Waals surface area contributed by atoms with Crippen molar-refractivity contribution in [2.24, 2.45) is 13.0 Å². The van der Waals surface area contributed by atoms with Gasteiger partial charge in [-0.05, 0) is 43.5 Å². The highest BCUT2D eigenvalue weighted by atomic mass is 16.5. The number of nitrogens with one attached hydrogen (secondary N) is 2. The van der Waals surface area contributed by atoms with Crippen LogP contribution >= 0.6 is 0 Å². The number of hydrogen-bond donors (Lipinski definition) is 2. The molecule has 0 unspecified atom stereocenters. The van der Waals surface area contributed by atoms with Crippen LogP contribution in [0, 0.1) is 12.8 Å². The smallest absolute Gasteiger partial charge is 0.225 e. The monoisotopic (exact) mass is 464 g/mol. The van der Waals surface area contributed by atoms with E-state index >= 15 is 0 Å². The zero-order valence-corrected chi connectivity index (χ0v) is 20.2. The fourth-order valence-corrected chi connectivity index (χ4v) is 4.29. The third kappa shape index (κ3) is 5.41. The van der Waals surface area contributed by atoms with E-state index < -0.39 is 0 Å². The third-order valence-electron chi connectivity index (χ3n) is 6.09. The number of aromatic nitrogens is 3. The second-order valence-corrected chi connectivity index (χ2v) is 8.52. The van der Waals surface area contributed by atoms with Crippen molar-refractivity contribution in [1.29, 1.82) is 0 Å². The molecule has 1 aliphatic heterocycles. The maximum absolute atomic E-state index is 12.9. The number of piperidine rings is 1. The minimum absolute atomic E-state index is 0.0675. The lowest BCUT2D eigenvalue weighted by molar-refractivity contribution is -0.125. The normalized spacial score (nSPS) is 15.6. The van der Waals surface area contributed by atoms with Gasteiger partial charge in [0.05, 0.1) is 31.5 Å². The van der Waals surface area contributed by atoms with Gasteiger partial charge in [-0.1, -0.05) is 6.07 Å². The van der Waals surface area contributed by atoms with Crippen molar-refractivity contribution in [1.82, 2.24) is 20.1 Å². The van der Waals surface area contributed by atoms with Gasteiger partial charge in [0.2, 0.25) is 5.91 Å². The first kappa shape index (κ1) is 23.4. The highest BCUT2D eigenvalue weighted by Crippen LogP contribution is 2.28. The number of rotatable bonds is 8. The highest BCUT2D eigenvalue weighted by molar-refractivity contribution is 5.79. The van der Waals surface area contributed by atoms with Crippen LogP contribution in [0.25, 0.3) is 0 Å². The van der Waals surface area contributed by atoms with Crippen LogP contribution in [0.2, 0.25) is 0 Å². The number of anilines is 3. The summed E-state index contributed by atoms with van der Waals surface area (Å²) in [5.74, 6) is 2.08. The first-order valence-corrected chi connectivity index (χ1v) is 11.4. The Morgan fingerprint density at radius 2 is 2.00 bits per heavy atom. The number of amides is 1. The number of nitrogens with zero attached hydrogens (tertiary/aromatic N) is 4. The molecule has 0 bridgehead atoms. The van der Waals surface area contributed by atoms with E-state index in [1.54, 1.807) is 25.1 Å². The van der Waals surface area contributed by atoms with E-state index in [0.29, 0.717) is 24.6 Å². The highest BCUT2D eigenvalue weighted by Gasteiger charge is 2.26. The van der Waals surface area contributed by atoms with Crippen LogP contribution in [0.1, 0.15) is 24.1 Å². The van der Waals surface area contributed by atoms with Gasteiger partial charge in [0.15, 0.2) is 11.5 Å². The molecule has 1 atom stereocenters. The van der Waals surface area contributed by atoms with E-state index in [9.17, 15) is 4.79 Å². The van der Waals surface area contributed by atoms with E-state index in [1.165, 1.54) is 0 Å². The first-order valence-electron chi connectivity index (χ1n) is 11.4. The Balaban J connectivity index is 1.37. The van der Waals surface area contributed by atoms with Crippen LogP contribution in [0.15, 0.2) is 42.7 Å². The van der Waals surface area contributed by atoms with Crippen molar-refractivity contribution in [2.75, 3.05) is 37.5 Å². The molecule has 9 nitrogen and oxygen atoms in total. The number of methoxy groups -OCH3 is 2. The zero-order valence-electron chi connectivity index (χ0n) is 20.2. The number of aryl methyl sites for hydroxylation is 2. The number of ether oxygens (including phenoxy) is 2. The lowest BCUT2D eigenvalue weighted by Gasteiger charge is -2.33. The topological polar surface area (TPSA) is 93.5 Å². The molecule has 0 spiro atoms. The maximum atomic E-state index is 12.9. The van der Waals surface area contributed by atoms with Gasteiger partial charge >= 0.3 is 0 Å². The minimum atomic E-state index is -0.0703. The fourth-order valence-electron chi connectivity index (χ4n) is 4.29. The summed E-state index contributed by atoms with van der Waals surface area (Å²) in [6.45, 7) is 3.99. The molecule has 0 radical (unpaired) electrons. The van der Waals surface area contributed by atoms with Crippen molar-refractivity contribution < 1.29 is 14.3 Å². The molecule has 3 heterocycles. The molecule has 4 rings (SSSR count). The van der Waals surface area contributed by atoms with Crippen LogP contribution in [0.4, 0.5) is 17.2 Å². The minimum Gasteiger partial charge on any atom is -0.493 e. The lowest BCUT2D eigenvalue weighted by atomic mass is 9.96. The van der Waals surface area contributed by atoms with E-state index in [0.717, 1.165) is 47.8 Å². The fraction of sp³-hybridized carbons (Fsp3) is 0.400. The van der Waals surface area contributed by atoms with Gasteiger partial charge in [-0.25, -0.2) is 4.98 Å². The Bertz CT molecular complexity index is 1150. The molecule has 1 saturated heterocycles. The van der Waals surface area contributed by atoms with Gasteiger partial charge in [0.25, 0.3) is 0 Å². The Hall–Kier alpha value is -3.75. The summed E-state index contributed by atoms with van der Waals surface area (Å²) in [4.78, 5) is 19.7. The van der Waals surface area contributed by atoms with Crippen LogP contribution in [0.3, 0.4) is 0 Å². The van der Waals surface area contributed by atoms with E-state index in [4.69, 9.17) is 9.47 Å². The molecule has 1 fully saturated rings. The van der Waals surface area contributed by atoms with Gasteiger partial charge in [-0.2, -0.15) is 5.10 Å². The van der Waals surface area contributed by atoms with Gasteiger partial charge < -0.3 is 25.0 Å². The average molecular weight is 465 g/mol. The molecule has 9 heteroatoms. The van der Waals surface area contributed by atoms with E-state index in [-0.39, 0.29) is 11.8 Å². The van der Waals surface area contributed by atoms with Crippen molar-refractivity contribution in [3.8, 4) is 11.5 Å². The van der Waals surface area contributed by atoms with Crippen molar-refractivity contribution in [2.45, 2.75) is 26.3 Å². The number of benzene rings is 1. The molecule has 180 valence electrons. The molecular formula is C25H32N6O3. The second-order valence-electron chi connectivity index (χ2n) is 8.52. The third-order valence-corrected chi connectivity index (χ3v) is 6.09. The molecule has 0 saturated carbocycles. The van der Waals surface area contributed by atoms with Crippen LogP contribution < -0.4 is 25.0 Å². The van der Waals surface area contributed by atoms with Gasteiger partial charge in [0, 0.05) is 50.8 Å². The zero-order chi connectivity index (χ0) is 24.1. The van der Waals surface area contributed by atoms with Crippen molar-refractivity contribution in [3.63, 3.8) is 0 Å². The Morgan fingerprint density at radius 1 is 1.18 bits per heavy atom. The summed E-state index contributed by atoms with van der Waals surface area (Å²) >= 11 is 0. The lowest BCUT2D eigenvalue weighted by Crippen LogP contribution is -2.43. The summed E-state index contributed by atoms with van der Waals surface area (Å²) in [5.41, 5.74) is 3.86. The summed E-state index contributed by atoms with van der Waals surface area (Å²) in [6, 6.07) is 9.69. The maximum Gasteiger partial charge on any atom is 0.225 e. The predicted molar refractivity (Wildman–Crippen MR) is 132 cm³/mol. The molecule has 1 amide bonds.